The second-order valence-corrected chi connectivity index (χ2v) is 7.61. The summed E-state index contributed by atoms with van der Waals surface area (Å²) in [5, 5.41) is 13.2. The molecule has 0 aliphatic rings. The average Bonchev–Trinajstić information content (AvgIpc) is 3.17. The van der Waals surface area contributed by atoms with E-state index in [4.69, 9.17) is 4.74 Å². The van der Waals surface area contributed by atoms with Crippen LogP contribution < -0.4 is 5.32 Å². The Morgan fingerprint density at radius 3 is 2.47 bits per heavy atom. The van der Waals surface area contributed by atoms with E-state index in [2.05, 4.69) is 5.32 Å². The van der Waals surface area contributed by atoms with Crippen molar-refractivity contribution in [3.63, 3.8) is 0 Å². The zero-order valence-electron chi connectivity index (χ0n) is 17.7. The molecule has 4 rings (SSSR count). The number of carbonyl (C=O) groups is 2. The Balaban J connectivity index is 1.46. The lowest BCUT2D eigenvalue weighted by molar-refractivity contribution is -0.120. The number of aromatic nitrogens is 1. The van der Waals surface area contributed by atoms with Crippen LogP contribution in [0.2, 0.25) is 0 Å². The fourth-order valence-corrected chi connectivity index (χ4v) is 3.62. The Kier molecular flexibility index (Phi) is 6.33. The molecule has 0 saturated heterocycles. The van der Waals surface area contributed by atoms with E-state index >= 15 is 0 Å². The molecule has 0 radical (unpaired) electrons. The van der Waals surface area contributed by atoms with E-state index in [0.29, 0.717) is 13.2 Å². The highest BCUT2D eigenvalue weighted by Crippen LogP contribution is 2.31. The van der Waals surface area contributed by atoms with Crippen LogP contribution in [0.15, 0.2) is 79.0 Å². The number of carbonyl (C=O) groups excluding carboxylic acids is 1. The molecule has 1 heterocycles. The number of nitrogens with one attached hydrogen (secondary N) is 1. The number of carboxylic acids is 1. The highest BCUT2D eigenvalue weighted by atomic mass is 16.5. The molecule has 0 fully saturated rings. The second-order valence-electron chi connectivity index (χ2n) is 7.61. The van der Waals surface area contributed by atoms with E-state index in [1.54, 1.807) is 12.1 Å². The van der Waals surface area contributed by atoms with Gasteiger partial charge in [0.2, 0.25) is 5.91 Å². The molecule has 162 valence electrons. The van der Waals surface area contributed by atoms with Crippen LogP contribution in [0.1, 0.15) is 15.9 Å². The number of anilines is 1. The van der Waals surface area contributed by atoms with Crippen molar-refractivity contribution in [3.8, 4) is 11.1 Å². The minimum absolute atomic E-state index is 0.0566. The Labute approximate surface area is 186 Å². The molecule has 1 amide bonds. The van der Waals surface area contributed by atoms with Crippen molar-refractivity contribution in [2.75, 3.05) is 18.5 Å². The van der Waals surface area contributed by atoms with Crippen molar-refractivity contribution < 1.29 is 19.4 Å². The van der Waals surface area contributed by atoms with Gasteiger partial charge in [-0.15, -0.1) is 0 Å². The monoisotopic (exact) mass is 428 g/mol. The number of amides is 1. The largest absolute Gasteiger partial charge is 0.478 e. The van der Waals surface area contributed by atoms with Gasteiger partial charge in [0.1, 0.15) is 6.61 Å². The molecule has 0 atom stereocenters. The number of hydrogen-bond donors (Lipinski definition) is 2. The Morgan fingerprint density at radius 2 is 1.75 bits per heavy atom. The highest BCUT2D eigenvalue weighted by Gasteiger charge is 2.13. The van der Waals surface area contributed by atoms with Gasteiger partial charge in [-0.05, 0) is 36.8 Å². The van der Waals surface area contributed by atoms with E-state index in [1.165, 1.54) is 0 Å². The number of aryl methyl sites for hydroxylation is 1. The Bertz CT molecular complexity index is 1240. The van der Waals surface area contributed by atoms with Gasteiger partial charge >= 0.3 is 5.97 Å². The van der Waals surface area contributed by atoms with E-state index in [0.717, 1.165) is 33.3 Å². The van der Waals surface area contributed by atoms with Crippen LogP contribution in [0.4, 0.5) is 5.69 Å². The van der Waals surface area contributed by atoms with E-state index in [-0.39, 0.29) is 18.1 Å². The van der Waals surface area contributed by atoms with Crippen LogP contribution in [0.5, 0.6) is 0 Å². The van der Waals surface area contributed by atoms with Gasteiger partial charge in [0.15, 0.2) is 0 Å². The quantitative estimate of drug-likeness (QED) is 0.388. The number of carboxylic acid groups (broad SMARTS) is 1. The zero-order valence-corrected chi connectivity index (χ0v) is 17.7. The Hall–Kier alpha value is -3.90. The summed E-state index contributed by atoms with van der Waals surface area (Å²) in [7, 11) is 0. The molecular weight excluding hydrogens is 404 g/mol. The maximum atomic E-state index is 12.1. The molecular formula is C26H24N2O4. The maximum Gasteiger partial charge on any atom is 0.335 e. The van der Waals surface area contributed by atoms with Gasteiger partial charge in [-0.2, -0.15) is 0 Å². The van der Waals surface area contributed by atoms with Crippen LogP contribution >= 0.6 is 0 Å². The summed E-state index contributed by atoms with van der Waals surface area (Å²) < 4.78 is 7.56. The van der Waals surface area contributed by atoms with E-state index in [9.17, 15) is 14.7 Å². The van der Waals surface area contributed by atoms with Crippen LogP contribution in [0.3, 0.4) is 0 Å². The van der Waals surface area contributed by atoms with Crippen molar-refractivity contribution in [1.82, 2.24) is 4.57 Å². The average molecular weight is 428 g/mol. The summed E-state index contributed by atoms with van der Waals surface area (Å²) >= 11 is 0. The predicted molar refractivity (Wildman–Crippen MR) is 125 cm³/mol. The van der Waals surface area contributed by atoms with Crippen LogP contribution in [0, 0.1) is 6.92 Å². The number of aromatic carboxylic acids is 1. The fraction of sp³-hybridized carbons (Fsp3) is 0.154. The topological polar surface area (TPSA) is 80.6 Å². The number of nitrogens with zero attached hydrogens (tertiary/aromatic N) is 1. The van der Waals surface area contributed by atoms with Crippen LogP contribution in [0.25, 0.3) is 22.0 Å². The second kappa shape index (κ2) is 9.49. The molecule has 3 aromatic carbocycles. The molecule has 0 aliphatic heterocycles. The first-order valence-electron chi connectivity index (χ1n) is 10.4. The third kappa shape index (κ3) is 4.87. The normalized spacial score (nSPS) is 10.9. The molecule has 32 heavy (non-hydrogen) atoms. The number of ether oxygens (including phenoxy) is 1. The van der Waals surface area contributed by atoms with Gasteiger partial charge in [-0.1, -0.05) is 54.1 Å². The Morgan fingerprint density at radius 1 is 1.00 bits per heavy atom. The summed E-state index contributed by atoms with van der Waals surface area (Å²) in [4.78, 5) is 23.6. The van der Waals surface area contributed by atoms with Crippen LogP contribution in [-0.2, 0) is 16.1 Å². The number of rotatable bonds is 8. The standard InChI is InChI=1S/C26H24N2O4/c1-18-7-10-21(11-8-18)27-25(29)17-32-14-13-28-16-23(19-5-3-2-4-6-19)22-12-9-20(26(30)31)15-24(22)28/h2-12,15-16H,13-14,17H2,1H3,(H,27,29)(H,30,31). The van der Waals surface area contributed by atoms with Gasteiger partial charge in [-0.3, -0.25) is 4.79 Å². The molecule has 0 unspecified atom stereocenters. The predicted octanol–water partition coefficient (Wildman–Crippen LogP) is 4.97. The van der Waals surface area contributed by atoms with E-state index < -0.39 is 5.97 Å². The molecule has 1 aromatic heterocycles. The molecule has 6 nitrogen and oxygen atoms in total. The summed E-state index contributed by atoms with van der Waals surface area (Å²) in [6, 6.07) is 22.7. The van der Waals surface area contributed by atoms with Crippen LogP contribution in [-0.4, -0.2) is 34.8 Å². The van der Waals surface area contributed by atoms with Gasteiger partial charge in [0.25, 0.3) is 0 Å². The molecule has 0 bridgehead atoms. The van der Waals surface area contributed by atoms with Gasteiger partial charge in [0.05, 0.1) is 12.2 Å². The SMILES string of the molecule is Cc1ccc(NC(=O)COCCn2cc(-c3ccccc3)c3ccc(C(=O)O)cc32)cc1. The summed E-state index contributed by atoms with van der Waals surface area (Å²) in [5.41, 5.74) is 4.98. The lowest BCUT2D eigenvalue weighted by Crippen LogP contribution is -2.19. The van der Waals surface area contributed by atoms with Crippen molar-refractivity contribution in [1.29, 1.82) is 0 Å². The molecule has 2 N–H and O–H groups in total. The van der Waals surface area contributed by atoms with Crippen molar-refractivity contribution >= 4 is 28.5 Å². The molecule has 0 saturated carbocycles. The number of fused-ring (bicyclic) bond motifs is 1. The zero-order chi connectivity index (χ0) is 22.5. The highest BCUT2D eigenvalue weighted by molar-refractivity contribution is 6.00. The minimum atomic E-state index is -0.968. The first-order chi connectivity index (χ1) is 15.5. The van der Waals surface area contributed by atoms with E-state index in [1.807, 2.05) is 78.4 Å². The molecule has 0 spiro atoms. The molecule has 6 heteroatoms. The maximum absolute atomic E-state index is 12.1. The van der Waals surface area contributed by atoms with Crippen molar-refractivity contribution in [3.05, 3.63) is 90.1 Å². The number of hydrogen-bond acceptors (Lipinski definition) is 3. The lowest BCUT2D eigenvalue weighted by atomic mass is 10.0. The lowest BCUT2D eigenvalue weighted by Gasteiger charge is -2.08. The third-order valence-electron chi connectivity index (χ3n) is 5.26. The first-order valence-corrected chi connectivity index (χ1v) is 10.4. The van der Waals surface area contributed by atoms with Crippen molar-refractivity contribution in [2.24, 2.45) is 0 Å². The molecule has 4 aromatic rings. The minimum Gasteiger partial charge on any atom is -0.478 e. The number of benzene rings is 3. The van der Waals surface area contributed by atoms with Crippen molar-refractivity contribution in [2.45, 2.75) is 13.5 Å². The van der Waals surface area contributed by atoms with Gasteiger partial charge < -0.3 is 19.7 Å². The van der Waals surface area contributed by atoms with Gasteiger partial charge in [-0.25, -0.2) is 4.79 Å². The molecule has 0 aliphatic carbocycles. The smallest absolute Gasteiger partial charge is 0.335 e. The summed E-state index contributed by atoms with van der Waals surface area (Å²) in [6.45, 7) is 2.74. The summed E-state index contributed by atoms with van der Waals surface area (Å²) in [5.74, 6) is -1.19. The third-order valence-corrected chi connectivity index (χ3v) is 5.26. The summed E-state index contributed by atoms with van der Waals surface area (Å²) in [6.07, 6.45) is 2.00. The first kappa shape index (κ1) is 21.3. The van der Waals surface area contributed by atoms with Gasteiger partial charge in [0, 0.05) is 34.9 Å². The fourth-order valence-electron chi connectivity index (χ4n) is 3.62.